The molecule has 0 saturated heterocycles. The standard InChI is InChI=1S/C17H18BrNO3/c18-14-5-2-7-16(11-14)22-9-3-8-17(21)19-15-6-1-4-13(10-15)12-20/h1-2,4-7,10-11,20H,3,8-9,12H2,(H,19,21). The Kier molecular flexibility index (Phi) is 6.43. The lowest BCUT2D eigenvalue weighted by Gasteiger charge is -2.08. The lowest BCUT2D eigenvalue weighted by Crippen LogP contribution is -2.13. The number of aliphatic hydroxyl groups excluding tert-OH is 1. The third-order valence-electron chi connectivity index (χ3n) is 3.01. The van der Waals surface area contributed by atoms with Gasteiger partial charge in [-0.25, -0.2) is 0 Å². The summed E-state index contributed by atoms with van der Waals surface area (Å²) in [4.78, 5) is 11.8. The first kappa shape index (κ1) is 16.5. The number of hydrogen-bond donors (Lipinski definition) is 2. The number of ether oxygens (including phenoxy) is 1. The summed E-state index contributed by atoms with van der Waals surface area (Å²) in [5, 5.41) is 11.9. The maximum Gasteiger partial charge on any atom is 0.224 e. The van der Waals surface area contributed by atoms with Crippen LogP contribution in [0.15, 0.2) is 53.0 Å². The van der Waals surface area contributed by atoms with Crippen LogP contribution >= 0.6 is 15.9 Å². The first-order valence-electron chi connectivity index (χ1n) is 7.05. The zero-order chi connectivity index (χ0) is 15.8. The van der Waals surface area contributed by atoms with Crippen LogP contribution in [0.1, 0.15) is 18.4 Å². The predicted molar refractivity (Wildman–Crippen MR) is 89.9 cm³/mol. The zero-order valence-corrected chi connectivity index (χ0v) is 13.7. The molecule has 116 valence electrons. The van der Waals surface area contributed by atoms with Crippen molar-refractivity contribution in [2.45, 2.75) is 19.4 Å². The first-order valence-corrected chi connectivity index (χ1v) is 7.84. The van der Waals surface area contributed by atoms with E-state index in [2.05, 4.69) is 21.2 Å². The fourth-order valence-electron chi connectivity index (χ4n) is 1.95. The Hall–Kier alpha value is -1.85. The summed E-state index contributed by atoms with van der Waals surface area (Å²) in [5.74, 6) is 0.721. The van der Waals surface area contributed by atoms with Gasteiger partial charge in [0.15, 0.2) is 0 Å². The van der Waals surface area contributed by atoms with Crippen LogP contribution in [0.2, 0.25) is 0 Å². The maximum absolute atomic E-state index is 11.8. The lowest BCUT2D eigenvalue weighted by molar-refractivity contribution is -0.116. The van der Waals surface area contributed by atoms with Gasteiger partial charge in [-0.05, 0) is 42.3 Å². The quantitative estimate of drug-likeness (QED) is 0.736. The fourth-order valence-corrected chi connectivity index (χ4v) is 2.33. The Balaban J connectivity index is 1.71. The summed E-state index contributed by atoms with van der Waals surface area (Å²) < 4.78 is 6.55. The van der Waals surface area contributed by atoms with Crippen LogP contribution < -0.4 is 10.1 Å². The third kappa shape index (κ3) is 5.50. The molecule has 0 saturated carbocycles. The van der Waals surface area contributed by atoms with Crippen LogP contribution in [0.5, 0.6) is 5.75 Å². The van der Waals surface area contributed by atoms with Gasteiger partial charge in [-0.1, -0.05) is 34.1 Å². The lowest BCUT2D eigenvalue weighted by atomic mass is 10.2. The van der Waals surface area contributed by atoms with E-state index in [1.54, 1.807) is 18.2 Å². The van der Waals surface area contributed by atoms with Gasteiger partial charge in [0, 0.05) is 16.6 Å². The number of nitrogens with one attached hydrogen (secondary N) is 1. The number of anilines is 1. The molecule has 0 aliphatic rings. The molecule has 0 aromatic heterocycles. The zero-order valence-electron chi connectivity index (χ0n) is 12.1. The Morgan fingerprint density at radius 2 is 2.00 bits per heavy atom. The molecule has 1 amide bonds. The minimum Gasteiger partial charge on any atom is -0.494 e. The van der Waals surface area contributed by atoms with Crippen molar-refractivity contribution in [2.75, 3.05) is 11.9 Å². The molecule has 0 spiro atoms. The summed E-state index contributed by atoms with van der Waals surface area (Å²) >= 11 is 3.38. The molecule has 5 heteroatoms. The third-order valence-corrected chi connectivity index (χ3v) is 3.50. The molecule has 22 heavy (non-hydrogen) atoms. The van der Waals surface area contributed by atoms with Crippen molar-refractivity contribution in [3.05, 3.63) is 58.6 Å². The van der Waals surface area contributed by atoms with E-state index in [4.69, 9.17) is 9.84 Å². The van der Waals surface area contributed by atoms with Gasteiger partial charge in [0.25, 0.3) is 0 Å². The topological polar surface area (TPSA) is 58.6 Å². The highest BCUT2D eigenvalue weighted by molar-refractivity contribution is 9.10. The molecule has 2 N–H and O–H groups in total. The second-order valence-electron chi connectivity index (χ2n) is 4.82. The van der Waals surface area contributed by atoms with Crippen LogP contribution in [-0.4, -0.2) is 17.6 Å². The predicted octanol–water partition coefficient (Wildman–Crippen LogP) is 3.74. The van der Waals surface area contributed by atoms with E-state index in [-0.39, 0.29) is 12.5 Å². The van der Waals surface area contributed by atoms with E-state index in [0.717, 1.165) is 15.8 Å². The molecule has 0 aliphatic heterocycles. The monoisotopic (exact) mass is 363 g/mol. The largest absolute Gasteiger partial charge is 0.494 e. The summed E-state index contributed by atoms with van der Waals surface area (Å²) in [5.41, 5.74) is 1.47. The highest BCUT2D eigenvalue weighted by Gasteiger charge is 2.03. The number of amides is 1. The van der Waals surface area contributed by atoms with E-state index in [0.29, 0.717) is 25.1 Å². The van der Waals surface area contributed by atoms with Crippen molar-refractivity contribution < 1.29 is 14.6 Å². The van der Waals surface area contributed by atoms with E-state index in [9.17, 15) is 4.79 Å². The molecule has 0 heterocycles. The fraction of sp³-hybridized carbons (Fsp3) is 0.235. The Labute approximate surface area is 138 Å². The van der Waals surface area contributed by atoms with Crippen molar-refractivity contribution in [1.29, 1.82) is 0 Å². The molecule has 0 atom stereocenters. The van der Waals surface area contributed by atoms with Crippen LogP contribution in [0.25, 0.3) is 0 Å². The van der Waals surface area contributed by atoms with Crippen LogP contribution in [-0.2, 0) is 11.4 Å². The Morgan fingerprint density at radius 1 is 1.18 bits per heavy atom. The van der Waals surface area contributed by atoms with E-state index in [1.165, 1.54) is 0 Å². The summed E-state index contributed by atoms with van der Waals surface area (Å²) in [6.45, 7) is 0.449. The molecule has 0 bridgehead atoms. The van der Waals surface area contributed by atoms with E-state index >= 15 is 0 Å². The normalized spacial score (nSPS) is 10.3. The van der Waals surface area contributed by atoms with Gasteiger partial charge >= 0.3 is 0 Å². The second-order valence-corrected chi connectivity index (χ2v) is 5.73. The minimum atomic E-state index is -0.0621. The van der Waals surface area contributed by atoms with Crippen LogP contribution in [0.4, 0.5) is 5.69 Å². The molecule has 2 aromatic carbocycles. The van der Waals surface area contributed by atoms with Gasteiger partial charge < -0.3 is 15.2 Å². The number of rotatable bonds is 7. The highest BCUT2D eigenvalue weighted by Crippen LogP contribution is 2.18. The summed E-state index contributed by atoms with van der Waals surface area (Å²) in [7, 11) is 0. The Bertz CT molecular complexity index is 631. The number of carbonyl (C=O) groups is 1. The van der Waals surface area contributed by atoms with Gasteiger partial charge in [-0.2, -0.15) is 0 Å². The molecule has 2 rings (SSSR count). The first-order chi connectivity index (χ1) is 10.7. The second kappa shape index (κ2) is 8.56. The molecule has 0 fully saturated rings. The van der Waals surface area contributed by atoms with Gasteiger partial charge in [0.05, 0.1) is 13.2 Å². The molecule has 2 aromatic rings. The number of hydrogen-bond acceptors (Lipinski definition) is 3. The molecular formula is C17H18BrNO3. The van der Waals surface area contributed by atoms with Crippen molar-refractivity contribution in [3.63, 3.8) is 0 Å². The molecule has 0 aliphatic carbocycles. The van der Waals surface area contributed by atoms with Crippen LogP contribution in [0, 0.1) is 0 Å². The SMILES string of the molecule is O=C(CCCOc1cccc(Br)c1)Nc1cccc(CO)c1. The van der Waals surface area contributed by atoms with Gasteiger partial charge in [-0.15, -0.1) is 0 Å². The van der Waals surface area contributed by atoms with Gasteiger partial charge in [0.2, 0.25) is 5.91 Å². The van der Waals surface area contributed by atoms with E-state index in [1.807, 2.05) is 30.3 Å². The van der Waals surface area contributed by atoms with Gasteiger partial charge in [0.1, 0.15) is 5.75 Å². The average molecular weight is 364 g/mol. The summed E-state index contributed by atoms with van der Waals surface area (Å²) in [6.07, 6.45) is 1.02. The van der Waals surface area contributed by atoms with E-state index < -0.39 is 0 Å². The molecule has 4 nitrogen and oxygen atoms in total. The minimum absolute atomic E-state index is 0.0375. The number of carbonyl (C=O) groups excluding carboxylic acids is 1. The van der Waals surface area contributed by atoms with Crippen LogP contribution in [0.3, 0.4) is 0 Å². The van der Waals surface area contributed by atoms with Crippen molar-refractivity contribution >= 4 is 27.5 Å². The van der Waals surface area contributed by atoms with Crippen molar-refractivity contribution in [3.8, 4) is 5.75 Å². The number of benzene rings is 2. The van der Waals surface area contributed by atoms with Crippen molar-refractivity contribution in [1.82, 2.24) is 0 Å². The Morgan fingerprint density at radius 3 is 2.77 bits per heavy atom. The smallest absolute Gasteiger partial charge is 0.224 e. The van der Waals surface area contributed by atoms with Crippen molar-refractivity contribution in [2.24, 2.45) is 0 Å². The molecular weight excluding hydrogens is 346 g/mol. The molecule has 0 radical (unpaired) electrons. The number of aliphatic hydroxyl groups is 1. The summed E-state index contributed by atoms with van der Waals surface area (Å²) in [6, 6.07) is 14.8. The maximum atomic E-state index is 11.8. The van der Waals surface area contributed by atoms with Gasteiger partial charge in [-0.3, -0.25) is 4.79 Å². The number of halogens is 1. The highest BCUT2D eigenvalue weighted by atomic mass is 79.9. The molecule has 0 unspecified atom stereocenters. The average Bonchev–Trinajstić information content (AvgIpc) is 2.52.